The SMILES string of the molecule is N#Cc1ccc(NC(=O)CSc2cc(Cl)ccc2Cl)cc1. The summed E-state index contributed by atoms with van der Waals surface area (Å²) in [4.78, 5) is 12.6. The van der Waals surface area contributed by atoms with Gasteiger partial charge in [0, 0.05) is 15.6 Å². The van der Waals surface area contributed by atoms with Gasteiger partial charge >= 0.3 is 0 Å². The Morgan fingerprint density at radius 3 is 2.57 bits per heavy atom. The molecular weight excluding hydrogens is 327 g/mol. The molecule has 21 heavy (non-hydrogen) atoms. The molecule has 0 spiro atoms. The maximum Gasteiger partial charge on any atom is 0.234 e. The summed E-state index contributed by atoms with van der Waals surface area (Å²) in [5.74, 6) is 0.0702. The molecule has 0 heterocycles. The third-order valence-electron chi connectivity index (χ3n) is 2.55. The fourth-order valence-electron chi connectivity index (χ4n) is 1.56. The fourth-order valence-corrected chi connectivity index (χ4v) is 2.85. The molecule has 0 aliphatic carbocycles. The molecular formula is C15H10Cl2N2OS. The molecule has 0 fully saturated rings. The number of anilines is 1. The Morgan fingerprint density at radius 2 is 1.90 bits per heavy atom. The van der Waals surface area contributed by atoms with Crippen molar-refractivity contribution in [3.05, 3.63) is 58.1 Å². The van der Waals surface area contributed by atoms with Crippen LogP contribution in [0.4, 0.5) is 5.69 Å². The maximum atomic E-state index is 11.9. The van der Waals surface area contributed by atoms with Crippen molar-refractivity contribution in [3.8, 4) is 6.07 Å². The van der Waals surface area contributed by atoms with Crippen molar-refractivity contribution < 1.29 is 4.79 Å². The van der Waals surface area contributed by atoms with Gasteiger partial charge in [0.05, 0.1) is 22.4 Å². The summed E-state index contributed by atoms with van der Waals surface area (Å²) >= 11 is 13.2. The Labute approximate surface area is 136 Å². The van der Waals surface area contributed by atoms with E-state index in [9.17, 15) is 4.79 Å². The number of hydrogen-bond donors (Lipinski definition) is 1. The number of hydrogen-bond acceptors (Lipinski definition) is 3. The lowest BCUT2D eigenvalue weighted by atomic mass is 10.2. The number of amides is 1. The summed E-state index contributed by atoms with van der Waals surface area (Å²) in [5, 5.41) is 12.6. The normalized spacial score (nSPS) is 9.95. The lowest BCUT2D eigenvalue weighted by Gasteiger charge is -2.06. The van der Waals surface area contributed by atoms with Crippen LogP contribution in [0.1, 0.15) is 5.56 Å². The number of nitrogens with one attached hydrogen (secondary N) is 1. The zero-order valence-corrected chi connectivity index (χ0v) is 13.1. The molecule has 0 radical (unpaired) electrons. The molecule has 6 heteroatoms. The molecule has 0 atom stereocenters. The lowest BCUT2D eigenvalue weighted by molar-refractivity contribution is -0.113. The molecule has 2 aromatic rings. The number of thioether (sulfide) groups is 1. The average molecular weight is 337 g/mol. The van der Waals surface area contributed by atoms with Gasteiger partial charge in [-0.15, -0.1) is 11.8 Å². The van der Waals surface area contributed by atoms with Gasteiger partial charge in [0.1, 0.15) is 0 Å². The van der Waals surface area contributed by atoms with E-state index in [1.807, 2.05) is 6.07 Å². The minimum absolute atomic E-state index is 0.152. The van der Waals surface area contributed by atoms with Gasteiger partial charge in [-0.1, -0.05) is 23.2 Å². The van der Waals surface area contributed by atoms with Crippen LogP contribution in [0.15, 0.2) is 47.4 Å². The van der Waals surface area contributed by atoms with Crippen molar-refractivity contribution >= 4 is 46.6 Å². The standard InChI is InChI=1S/C15H10Cl2N2OS/c16-11-3-6-13(17)14(7-11)21-9-15(20)19-12-4-1-10(8-18)2-5-12/h1-7H,9H2,(H,19,20). The highest BCUT2D eigenvalue weighted by Gasteiger charge is 2.07. The Morgan fingerprint density at radius 1 is 1.19 bits per heavy atom. The highest BCUT2D eigenvalue weighted by Crippen LogP contribution is 2.29. The van der Waals surface area contributed by atoms with Gasteiger partial charge < -0.3 is 5.32 Å². The molecule has 3 nitrogen and oxygen atoms in total. The molecule has 0 saturated heterocycles. The first kappa shape index (κ1) is 15.7. The predicted octanol–water partition coefficient (Wildman–Crippen LogP) is 4.60. The van der Waals surface area contributed by atoms with E-state index in [1.165, 1.54) is 11.8 Å². The van der Waals surface area contributed by atoms with Crippen LogP contribution in [0.25, 0.3) is 0 Å². The van der Waals surface area contributed by atoms with Crippen LogP contribution in [0.5, 0.6) is 0 Å². The second-order valence-electron chi connectivity index (χ2n) is 4.10. The Bertz CT molecular complexity index is 696. The zero-order chi connectivity index (χ0) is 15.2. The Kier molecular flexibility index (Phi) is 5.51. The van der Waals surface area contributed by atoms with Crippen LogP contribution >= 0.6 is 35.0 Å². The van der Waals surface area contributed by atoms with E-state index in [-0.39, 0.29) is 11.7 Å². The second-order valence-corrected chi connectivity index (χ2v) is 5.96. The summed E-state index contributed by atoms with van der Waals surface area (Å²) in [7, 11) is 0. The van der Waals surface area contributed by atoms with E-state index < -0.39 is 0 Å². The Balaban J connectivity index is 1.92. The Hall–Kier alpha value is -1.67. The van der Waals surface area contributed by atoms with Gasteiger partial charge in [0.2, 0.25) is 5.91 Å². The number of carbonyl (C=O) groups excluding carboxylic acids is 1. The number of rotatable bonds is 4. The van der Waals surface area contributed by atoms with Crippen LogP contribution in [0.3, 0.4) is 0 Å². The van der Waals surface area contributed by atoms with Crippen LogP contribution in [0.2, 0.25) is 10.0 Å². The van der Waals surface area contributed by atoms with Crippen molar-refractivity contribution in [2.75, 3.05) is 11.1 Å². The van der Waals surface area contributed by atoms with Gasteiger partial charge in [-0.3, -0.25) is 4.79 Å². The number of carbonyl (C=O) groups is 1. The van der Waals surface area contributed by atoms with Crippen molar-refractivity contribution in [1.29, 1.82) is 5.26 Å². The number of halogens is 2. The number of nitrogens with zero attached hydrogens (tertiary/aromatic N) is 1. The molecule has 2 rings (SSSR count). The first-order valence-corrected chi connectivity index (χ1v) is 7.70. The van der Waals surface area contributed by atoms with Crippen molar-refractivity contribution in [2.24, 2.45) is 0 Å². The third kappa shape index (κ3) is 4.68. The lowest BCUT2D eigenvalue weighted by Crippen LogP contribution is -2.13. The largest absolute Gasteiger partial charge is 0.325 e. The second kappa shape index (κ2) is 7.37. The minimum atomic E-state index is -0.152. The van der Waals surface area contributed by atoms with E-state index in [4.69, 9.17) is 28.5 Å². The molecule has 1 N–H and O–H groups in total. The smallest absolute Gasteiger partial charge is 0.234 e. The quantitative estimate of drug-likeness (QED) is 0.830. The molecule has 0 unspecified atom stereocenters. The first-order valence-electron chi connectivity index (χ1n) is 5.96. The average Bonchev–Trinajstić information content (AvgIpc) is 2.49. The topological polar surface area (TPSA) is 52.9 Å². The summed E-state index contributed by atoms with van der Waals surface area (Å²) < 4.78 is 0. The zero-order valence-electron chi connectivity index (χ0n) is 10.8. The van der Waals surface area contributed by atoms with Crippen LogP contribution < -0.4 is 5.32 Å². The van der Waals surface area contributed by atoms with E-state index in [0.717, 1.165) is 4.90 Å². The maximum absolute atomic E-state index is 11.9. The van der Waals surface area contributed by atoms with Gasteiger partial charge in [0.15, 0.2) is 0 Å². The summed E-state index contributed by atoms with van der Waals surface area (Å²) in [6.07, 6.45) is 0. The van der Waals surface area contributed by atoms with E-state index in [2.05, 4.69) is 5.32 Å². The highest BCUT2D eigenvalue weighted by atomic mass is 35.5. The van der Waals surface area contributed by atoms with Gasteiger partial charge in [-0.25, -0.2) is 0 Å². The fraction of sp³-hybridized carbons (Fsp3) is 0.0667. The molecule has 1 amide bonds. The van der Waals surface area contributed by atoms with Crippen LogP contribution in [-0.2, 0) is 4.79 Å². The molecule has 0 aromatic heterocycles. The van der Waals surface area contributed by atoms with E-state index in [0.29, 0.717) is 21.3 Å². The minimum Gasteiger partial charge on any atom is -0.325 e. The van der Waals surface area contributed by atoms with Crippen LogP contribution in [-0.4, -0.2) is 11.7 Å². The number of nitriles is 1. The molecule has 0 aliphatic rings. The van der Waals surface area contributed by atoms with Crippen molar-refractivity contribution in [3.63, 3.8) is 0 Å². The number of benzene rings is 2. The monoisotopic (exact) mass is 336 g/mol. The third-order valence-corrected chi connectivity index (χ3v) is 4.28. The molecule has 106 valence electrons. The van der Waals surface area contributed by atoms with E-state index in [1.54, 1.807) is 42.5 Å². The molecule has 0 saturated carbocycles. The van der Waals surface area contributed by atoms with E-state index >= 15 is 0 Å². The molecule has 0 bridgehead atoms. The summed E-state index contributed by atoms with van der Waals surface area (Å²) in [5.41, 5.74) is 1.20. The first-order chi connectivity index (χ1) is 10.1. The van der Waals surface area contributed by atoms with Crippen molar-refractivity contribution in [2.45, 2.75) is 4.90 Å². The molecule has 2 aromatic carbocycles. The van der Waals surface area contributed by atoms with Crippen molar-refractivity contribution in [1.82, 2.24) is 0 Å². The summed E-state index contributed by atoms with van der Waals surface area (Å²) in [6, 6.07) is 13.8. The predicted molar refractivity (Wildman–Crippen MR) is 87.0 cm³/mol. The molecule has 0 aliphatic heterocycles. The van der Waals surface area contributed by atoms with Gasteiger partial charge in [-0.2, -0.15) is 5.26 Å². The van der Waals surface area contributed by atoms with Crippen LogP contribution in [0, 0.1) is 11.3 Å². The summed E-state index contributed by atoms with van der Waals surface area (Å²) in [6.45, 7) is 0. The van der Waals surface area contributed by atoms with Gasteiger partial charge in [0.25, 0.3) is 0 Å². The highest BCUT2D eigenvalue weighted by molar-refractivity contribution is 8.00. The van der Waals surface area contributed by atoms with Gasteiger partial charge in [-0.05, 0) is 42.5 Å².